The van der Waals surface area contributed by atoms with Gasteiger partial charge in [0.25, 0.3) is 5.91 Å². The fraction of sp³-hybridized carbons (Fsp3) is 0.0909. The number of amides is 1. The molecule has 2 N–H and O–H groups in total. The Balaban J connectivity index is 2.32. The number of anilines is 1. The number of H-pyrrole nitrogens is 1. The number of nitrogens with one attached hydrogen (secondary N) is 1. The maximum Gasteiger partial charge on any atom is 0.354 e. The highest BCUT2D eigenvalue weighted by Crippen LogP contribution is 2.14. The Labute approximate surface area is 102 Å². The number of carbonyl (C=O) groups is 2. The zero-order chi connectivity index (χ0) is 13.1. The minimum absolute atomic E-state index is 0.131. The lowest BCUT2D eigenvalue weighted by Crippen LogP contribution is -2.28. The molecule has 0 aliphatic heterocycles. The molecule has 2 aromatic heterocycles. The molecule has 7 nitrogen and oxygen atoms in total. The van der Waals surface area contributed by atoms with Crippen molar-refractivity contribution in [3.05, 3.63) is 42.2 Å². The highest BCUT2D eigenvalue weighted by atomic mass is 16.4. The first-order valence-electron chi connectivity index (χ1n) is 5.06. The Morgan fingerprint density at radius 1 is 1.44 bits per heavy atom. The summed E-state index contributed by atoms with van der Waals surface area (Å²) >= 11 is 0. The van der Waals surface area contributed by atoms with E-state index in [9.17, 15) is 9.59 Å². The van der Waals surface area contributed by atoms with Crippen LogP contribution in [-0.2, 0) is 0 Å². The first kappa shape index (κ1) is 11.8. The van der Waals surface area contributed by atoms with Crippen molar-refractivity contribution < 1.29 is 14.7 Å². The second kappa shape index (κ2) is 4.66. The maximum absolute atomic E-state index is 12.1. The lowest BCUT2D eigenvalue weighted by Gasteiger charge is -2.15. The summed E-state index contributed by atoms with van der Waals surface area (Å²) in [5, 5.41) is 8.90. The number of carbonyl (C=O) groups excluding carboxylic acids is 1. The number of pyridine rings is 1. The lowest BCUT2D eigenvalue weighted by molar-refractivity contribution is 0.0686. The van der Waals surface area contributed by atoms with Crippen LogP contribution in [0.3, 0.4) is 0 Å². The van der Waals surface area contributed by atoms with Crippen molar-refractivity contribution in [1.29, 1.82) is 0 Å². The van der Waals surface area contributed by atoms with E-state index in [2.05, 4.69) is 15.0 Å². The van der Waals surface area contributed by atoms with Crippen LogP contribution in [0.15, 0.2) is 30.9 Å². The van der Waals surface area contributed by atoms with E-state index in [1.165, 1.54) is 24.5 Å². The van der Waals surface area contributed by atoms with Gasteiger partial charge in [-0.3, -0.25) is 9.78 Å². The second-order valence-corrected chi connectivity index (χ2v) is 3.51. The van der Waals surface area contributed by atoms with Crippen molar-refractivity contribution in [1.82, 2.24) is 15.0 Å². The van der Waals surface area contributed by atoms with Gasteiger partial charge in [-0.05, 0) is 12.1 Å². The summed E-state index contributed by atoms with van der Waals surface area (Å²) in [6, 6.07) is 3.37. The minimum Gasteiger partial charge on any atom is -0.477 e. The molecule has 2 heterocycles. The van der Waals surface area contributed by atoms with Crippen molar-refractivity contribution in [2.45, 2.75) is 0 Å². The normalized spacial score (nSPS) is 10.1. The summed E-state index contributed by atoms with van der Waals surface area (Å²) in [6.07, 6.45) is 4.26. The molecule has 2 rings (SSSR count). The average molecular weight is 246 g/mol. The van der Waals surface area contributed by atoms with Gasteiger partial charge in [-0.25, -0.2) is 9.78 Å². The molecule has 0 fully saturated rings. The summed E-state index contributed by atoms with van der Waals surface area (Å²) < 4.78 is 0. The summed E-state index contributed by atoms with van der Waals surface area (Å²) in [4.78, 5) is 34.3. The number of carboxylic acids is 1. The van der Waals surface area contributed by atoms with Gasteiger partial charge in [0.2, 0.25) is 0 Å². The number of hydrogen-bond donors (Lipinski definition) is 2. The molecule has 2 aromatic rings. The van der Waals surface area contributed by atoms with Crippen molar-refractivity contribution in [2.24, 2.45) is 0 Å². The second-order valence-electron chi connectivity index (χ2n) is 3.51. The van der Waals surface area contributed by atoms with E-state index < -0.39 is 11.9 Å². The number of nitrogens with zero attached hydrogens (tertiary/aromatic N) is 3. The molecule has 18 heavy (non-hydrogen) atoms. The summed E-state index contributed by atoms with van der Waals surface area (Å²) in [5.41, 5.74) is 0.200. The number of carboxylic acid groups (broad SMARTS) is 1. The van der Waals surface area contributed by atoms with Crippen molar-refractivity contribution in [2.75, 3.05) is 11.9 Å². The number of imidazole rings is 1. The Kier molecular flexibility index (Phi) is 3.05. The molecule has 0 bridgehead atoms. The number of aromatic carboxylic acids is 1. The van der Waals surface area contributed by atoms with Crippen molar-refractivity contribution in [3.63, 3.8) is 0 Å². The molecule has 0 spiro atoms. The average Bonchev–Trinajstić information content (AvgIpc) is 2.87. The Morgan fingerprint density at radius 2 is 2.22 bits per heavy atom. The van der Waals surface area contributed by atoms with E-state index in [0.717, 1.165) is 0 Å². The summed E-state index contributed by atoms with van der Waals surface area (Å²) in [6.45, 7) is 0. The maximum atomic E-state index is 12.1. The zero-order valence-electron chi connectivity index (χ0n) is 9.49. The Morgan fingerprint density at radius 3 is 2.83 bits per heavy atom. The van der Waals surface area contributed by atoms with E-state index in [-0.39, 0.29) is 11.4 Å². The van der Waals surface area contributed by atoms with E-state index in [1.807, 2.05) is 0 Å². The third kappa shape index (κ3) is 2.05. The highest BCUT2D eigenvalue weighted by Gasteiger charge is 2.23. The molecule has 0 saturated carbocycles. The van der Waals surface area contributed by atoms with E-state index in [4.69, 9.17) is 5.11 Å². The fourth-order valence-electron chi connectivity index (χ4n) is 1.45. The van der Waals surface area contributed by atoms with Gasteiger partial charge in [0, 0.05) is 13.2 Å². The molecule has 0 saturated heterocycles. The Bertz CT molecular complexity index is 579. The van der Waals surface area contributed by atoms with Gasteiger partial charge in [-0.15, -0.1) is 0 Å². The molecule has 0 atom stereocenters. The molecule has 0 aliphatic carbocycles. The van der Waals surface area contributed by atoms with E-state index in [0.29, 0.717) is 5.69 Å². The SMILES string of the molecule is CN(C(=O)c1nc[nH]c1C(=O)O)c1cccnc1. The largest absolute Gasteiger partial charge is 0.477 e. The Hall–Kier alpha value is -2.70. The van der Waals surface area contributed by atoms with Crippen LogP contribution in [0.2, 0.25) is 0 Å². The third-order valence-corrected chi connectivity index (χ3v) is 2.39. The molecule has 0 radical (unpaired) electrons. The number of aromatic amines is 1. The van der Waals surface area contributed by atoms with E-state index >= 15 is 0 Å². The first-order chi connectivity index (χ1) is 8.61. The van der Waals surface area contributed by atoms with Gasteiger partial charge in [-0.1, -0.05) is 0 Å². The molecule has 1 amide bonds. The molecular weight excluding hydrogens is 236 g/mol. The molecule has 0 unspecified atom stereocenters. The monoisotopic (exact) mass is 246 g/mol. The quantitative estimate of drug-likeness (QED) is 0.833. The van der Waals surface area contributed by atoms with Gasteiger partial charge >= 0.3 is 5.97 Å². The molecule has 7 heteroatoms. The van der Waals surface area contributed by atoms with Gasteiger partial charge in [0.05, 0.1) is 18.2 Å². The smallest absolute Gasteiger partial charge is 0.354 e. The van der Waals surface area contributed by atoms with Crippen LogP contribution in [0.4, 0.5) is 5.69 Å². The highest BCUT2D eigenvalue weighted by molar-refractivity contribution is 6.09. The predicted molar refractivity (Wildman–Crippen MR) is 62.5 cm³/mol. The number of rotatable bonds is 3. The summed E-state index contributed by atoms with van der Waals surface area (Å²) in [5.74, 6) is -1.74. The van der Waals surface area contributed by atoms with Crippen LogP contribution in [0.5, 0.6) is 0 Å². The van der Waals surface area contributed by atoms with E-state index in [1.54, 1.807) is 18.3 Å². The third-order valence-electron chi connectivity index (χ3n) is 2.39. The van der Waals surface area contributed by atoms with Gasteiger partial charge in [0.1, 0.15) is 0 Å². The summed E-state index contributed by atoms with van der Waals surface area (Å²) in [7, 11) is 1.53. The van der Waals surface area contributed by atoms with Crippen LogP contribution < -0.4 is 4.90 Å². The van der Waals surface area contributed by atoms with Gasteiger partial charge in [0.15, 0.2) is 11.4 Å². The molecule has 0 aliphatic rings. The molecule has 0 aromatic carbocycles. The van der Waals surface area contributed by atoms with Crippen molar-refractivity contribution in [3.8, 4) is 0 Å². The zero-order valence-corrected chi connectivity index (χ0v) is 9.49. The van der Waals surface area contributed by atoms with Crippen LogP contribution in [-0.4, -0.2) is 39.0 Å². The van der Waals surface area contributed by atoms with Crippen LogP contribution >= 0.6 is 0 Å². The fourth-order valence-corrected chi connectivity index (χ4v) is 1.45. The number of aromatic nitrogens is 3. The van der Waals surface area contributed by atoms with Crippen LogP contribution in [0.25, 0.3) is 0 Å². The van der Waals surface area contributed by atoms with Gasteiger partial charge in [-0.2, -0.15) is 0 Å². The minimum atomic E-state index is -1.23. The molecular formula is C11H10N4O3. The lowest BCUT2D eigenvalue weighted by atomic mass is 10.2. The molecule has 92 valence electrons. The van der Waals surface area contributed by atoms with Crippen LogP contribution in [0.1, 0.15) is 21.0 Å². The van der Waals surface area contributed by atoms with Crippen LogP contribution in [0, 0.1) is 0 Å². The van der Waals surface area contributed by atoms with Gasteiger partial charge < -0.3 is 15.0 Å². The number of hydrogen-bond acceptors (Lipinski definition) is 4. The standard InChI is InChI=1S/C11H10N4O3/c1-15(7-3-2-4-12-5-7)10(16)8-9(11(17)18)14-6-13-8/h2-6H,1H3,(H,13,14)(H,17,18). The first-order valence-corrected chi connectivity index (χ1v) is 5.06. The topological polar surface area (TPSA) is 99.2 Å². The predicted octanol–water partition coefficient (Wildman–Crippen LogP) is 0.780. The van der Waals surface area contributed by atoms with Crippen molar-refractivity contribution >= 4 is 17.6 Å².